The largest absolute Gasteiger partial charge is 0.350 e. The van der Waals surface area contributed by atoms with E-state index in [0.29, 0.717) is 30.2 Å². The summed E-state index contributed by atoms with van der Waals surface area (Å²) in [6, 6.07) is 14.1. The van der Waals surface area contributed by atoms with Crippen molar-refractivity contribution in [2.75, 3.05) is 11.9 Å². The minimum absolute atomic E-state index is 0.269. The van der Waals surface area contributed by atoms with Crippen LogP contribution in [0.5, 0.6) is 0 Å². The number of benzene rings is 2. The molecule has 2 N–H and O–H groups in total. The number of nitrogens with zero attached hydrogens (tertiary/aromatic N) is 2. The average Bonchev–Trinajstić information content (AvgIpc) is 2.66. The molecule has 0 unspecified atom stereocenters. The van der Waals surface area contributed by atoms with Gasteiger partial charge in [-0.2, -0.15) is 0 Å². The summed E-state index contributed by atoms with van der Waals surface area (Å²) in [7, 11) is 0. The molecule has 0 aliphatic heterocycles. The van der Waals surface area contributed by atoms with Crippen molar-refractivity contribution in [1.29, 1.82) is 0 Å². The van der Waals surface area contributed by atoms with Gasteiger partial charge in [-0.1, -0.05) is 30.3 Å². The summed E-state index contributed by atoms with van der Waals surface area (Å²) in [6.45, 7) is 6.13. The second-order valence-electron chi connectivity index (χ2n) is 6.66. The van der Waals surface area contributed by atoms with Crippen molar-refractivity contribution < 1.29 is 9.18 Å². The first kappa shape index (κ1) is 19.5. The molecule has 0 bridgehead atoms. The van der Waals surface area contributed by atoms with Crippen LogP contribution >= 0.6 is 0 Å². The zero-order valence-electron chi connectivity index (χ0n) is 16.2. The van der Waals surface area contributed by atoms with Gasteiger partial charge in [-0.15, -0.1) is 0 Å². The average molecular weight is 378 g/mol. The summed E-state index contributed by atoms with van der Waals surface area (Å²) >= 11 is 0. The Morgan fingerprint density at radius 2 is 1.82 bits per heavy atom. The highest BCUT2D eigenvalue weighted by molar-refractivity contribution is 5.93. The summed E-state index contributed by atoms with van der Waals surface area (Å²) in [6.07, 6.45) is 0.413. The number of carbonyl (C=O) groups is 1. The molecule has 0 aliphatic carbocycles. The zero-order valence-corrected chi connectivity index (χ0v) is 16.2. The molecular weight excluding hydrogens is 355 g/mol. The van der Waals surface area contributed by atoms with Gasteiger partial charge in [0.15, 0.2) is 0 Å². The van der Waals surface area contributed by atoms with Gasteiger partial charge in [0.25, 0.3) is 5.91 Å². The maximum Gasteiger partial charge on any atom is 0.270 e. The summed E-state index contributed by atoms with van der Waals surface area (Å²) in [5.74, 6) is 0.468. The van der Waals surface area contributed by atoms with E-state index in [9.17, 15) is 9.18 Å². The molecular formula is C22H23FN4O. The highest BCUT2D eigenvalue weighted by Crippen LogP contribution is 2.22. The van der Waals surface area contributed by atoms with E-state index >= 15 is 0 Å². The van der Waals surface area contributed by atoms with Crippen LogP contribution in [-0.4, -0.2) is 22.4 Å². The smallest absolute Gasteiger partial charge is 0.270 e. The lowest BCUT2D eigenvalue weighted by molar-refractivity contribution is 0.0948. The third kappa shape index (κ3) is 4.71. The third-order valence-electron chi connectivity index (χ3n) is 4.58. The van der Waals surface area contributed by atoms with Gasteiger partial charge in [0.1, 0.15) is 23.2 Å². The summed E-state index contributed by atoms with van der Waals surface area (Å²) in [4.78, 5) is 21.1. The number of hydrogen-bond acceptors (Lipinski definition) is 4. The number of halogens is 1. The highest BCUT2D eigenvalue weighted by Gasteiger charge is 2.12. The van der Waals surface area contributed by atoms with E-state index in [0.717, 1.165) is 11.3 Å². The molecule has 0 atom stereocenters. The van der Waals surface area contributed by atoms with Crippen molar-refractivity contribution in [2.24, 2.45) is 0 Å². The molecule has 0 saturated carbocycles. The van der Waals surface area contributed by atoms with Crippen LogP contribution in [0.4, 0.5) is 15.9 Å². The third-order valence-corrected chi connectivity index (χ3v) is 4.58. The topological polar surface area (TPSA) is 66.9 Å². The van der Waals surface area contributed by atoms with Gasteiger partial charge in [-0.3, -0.25) is 4.79 Å². The maximum absolute atomic E-state index is 13.7. The Balaban J connectivity index is 1.69. The SMILES string of the molecule is Cc1nc(Nc2cccc(C)c2C)cc(C(=O)NCCc2ccccc2F)n1. The lowest BCUT2D eigenvalue weighted by Crippen LogP contribution is -2.27. The molecule has 144 valence electrons. The lowest BCUT2D eigenvalue weighted by atomic mass is 10.1. The second-order valence-corrected chi connectivity index (χ2v) is 6.66. The first-order valence-corrected chi connectivity index (χ1v) is 9.14. The first-order chi connectivity index (χ1) is 13.4. The Labute approximate surface area is 164 Å². The molecule has 0 spiro atoms. The molecule has 5 nitrogen and oxygen atoms in total. The predicted octanol–water partition coefficient (Wildman–Crippen LogP) is 4.26. The van der Waals surface area contributed by atoms with Crippen LogP contribution in [0.1, 0.15) is 33.0 Å². The number of carbonyl (C=O) groups excluding carboxylic acids is 1. The minimum atomic E-state index is -0.314. The van der Waals surface area contributed by atoms with Gasteiger partial charge in [0.2, 0.25) is 0 Å². The van der Waals surface area contributed by atoms with Gasteiger partial charge in [0.05, 0.1) is 0 Å². The fraction of sp³-hybridized carbons (Fsp3) is 0.227. The van der Waals surface area contributed by atoms with Crippen LogP contribution in [0.2, 0.25) is 0 Å². The van der Waals surface area contributed by atoms with Crippen LogP contribution in [0.25, 0.3) is 0 Å². The molecule has 2 aromatic carbocycles. The molecule has 0 aliphatic rings. The fourth-order valence-corrected chi connectivity index (χ4v) is 2.87. The van der Waals surface area contributed by atoms with Crippen molar-refractivity contribution >= 4 is 17.4 Å². The molecule has 1 aromatic heterocycles. The molecule has 28 heavy (non-hydrogen) atoms. The van der Waals surface area contributed by atoms with Crippen molar-refractivity contribution in [3.05, 3.63) is 82.6 Å². The lowest BCUT2D eigenvalue weighted by Gasteiger charge is -2.12. The van der Waals surface area contributed by atoms with E-state index in [1.54, 1.807) is 31.2 Å². The van der Waals surface area contributed by atoms with Crippen molar-refractivity contribution in [3.8, 4) is 0 Å². The Bertz CT molecular complexity index is 1000. The van der Waals surface area contributed by atoms with E-state index < -0.39 is 0 Å². The number of anilines is 2. The maximum atomic E-state index is 13.7. The Morgan fingerprint density at radius 3 is 2.61 bits per heavy atom. The van der Waals surface area contributed by atoms with Gasteiger partial charge in [-0.05, 0) is 56.0 Å². The number of aromatic nitrogens is 2. The summed E-state index contributed by atoms with van der Waals surface area (Å²) in [5, 5.41) is 6.05. The van der Waals surface area contributed by atoms with Crippen LogP contribution in [0.15, 0.2) is 48.5 Å². The first-order valence-electron chi connectivity index (χ1n) is 9.14. The predicted molar refractivity (Wildman–Crippen MR) is 108 cm³/mol. The Kier molecular flexibility index (Phi) is 5.99. The molecule has 0 fully saturated rings. The van der Waals surface area contributed by atoms with E-state index in [1.807, 2.05) is 32.0 Å². The second kappa shape index (κ2) is 8.61. The van der Waals surface area contributed by atoms with Crippen LogP contribution in [0.3, 0.4) is 0 Å². The summed E-state index contributed by atoms with van der Waals surface area (Å²) < 4.78 is 13.7. The fourth-order valence-electron chi connectivity index (χ4n) is 2.87. The minimum Gasteiger partial charge on any atom is -0.350 e. The number of hydrogen-bond donors (Lipinski definition) is 2. The quantitative estimate of drug-likeness (QED) is 0.673. The molecule has 1 amide bonds. The molecule has 3 aromatic rings. The monoisotopic (exact) mass is 378 g/mol. The molecule has 6 heteroatoms. The number of nitrogens with one attached hydrogen (secondary N) is 2. The van der Waals surface area contributed by atoms with Crippen molar-refractivity contribution in [3.63, 3.8) is 0 Å². The highest BCUT2D eigenvalue weighted by atomic mass is 19.1. The number of rotatable bonds is 6. The Morgan fingerprint density at radius 1 is 1.04 bits per heavy atom. The molecule has 1 heterocycles. The van der Waals surface area contributed by atoms with Crippen molar-refractivity contribution in [1.82, 2.24) is 15.3 Å². The van der Waals surface area contributed by atoms with Crippen molar-refractivity contribution in [2.45, 2.75) is 27.2 Å². The van der Waals surface area contributed by atoms with E-state index in [-0.39, 0.29) is 17.4 Å². The van der Waals surface area contributed by atoms with Gasteiger partial charge in [0, 0.05) is 18.3 Å². The zero-order chi connectivity index (χ0) is 20.1. The molecule has 3 rings (SSSR count). The normalized spacial score (nSPS) is 10.6. The van der Waals surface area contributed by atoms with E-state index in [2.05, 4.69) is 20.6 Å². The Hall–Kier alpha value is -3.28. The van der Waals surface area contributed by atoms with Crippen LogP contribution in [-0.2, 0) is 6.42 Å². The molecule has 0 radical (unpaired) electrons. The standard InChI is InChI=1S/C22H23FN4O/c1-14-7-6-10-19(15(14)2)27-21-13-20(25-16(3)26-21)22(28)24-12-11-17-8-4-5-9-18(17)23/h4-10,13H,11-12H2,1-3H3,(H,24,28)(H,25,26,27). The summed E-state index contributed by atoms with van der Waals surface area (Å²) in [5.41, 5.74) is 4.06. The van der Waals surface area contributed by atoms with Gasteiger partial charge in [-0.25, -0.2) is 14.4 Å². The van der Waals surface area contributed by atoms with Gasteiger partial charge >= 0.3 is 0 Å². The number of aryl methyl sites for hydroxylation is 2. The number of amides is 1. The molecule has 0 saturated heterocycles. The van der Waals surface area contributed by atoms with Crippen LogP contribution in [0, 0.1) is 26.6 Å². The van der Waals surface area contributed by atoms with Crippen LogP contribution < -0.4 is 10.6 Å². The van der Waals surface area contributed by atoms with E-state index in [1.165, 1.54) is 11.6 Å². The van der Waals surface area contributed by atoms with Gasteiger partial charge < -0.3 is 10.6 Å². The van der Waals surface area contributed by atoms with E-state index in [4.69, 9.17) is 0 Å².